The fourth-order valence-corrected chi connectivity index (χ4v) is 4.85. The van der Waals surface area contributed by atoms with Gasteiger partial charge in [-0.05, 0) is 36.4 Å². The van der Waals surface area contributed by atoms with E-state index < -0.39 is 0 Å². The van der Waals surface area contributed by atoms with E-state index >= 15 is 0 Å². The molecule has 10 N–H and O–H groups in total. The van der Waals surface area contributed by atoms with Gasteiger partial charge >= 0.3 is 0 Å². The predicted octanol–water partition coefficient (Wildman–Crippen LogP) is 6.96. The maximum Gasteiger partial charge on any atom is 0.0633 e. The third-order valence-corrected chi connectivity index (χ3v) is 6.73. The van der Waals surface area contributed by atoms with Crippen LogP contribution in [0.4, 0.5) is 45.5 Å². The first-order valence-electron chi connectivity index (χ1n) is 11.7. The predicted molar refractivity (Wildman–Crippen MR) is 156 cm³/mol. The first-order valence-corrected chi connectivity index (χ1v) is 11.7. The Morgan fingerprint density at radius 1 is 0.333 bits per heavy atom. The van der Waals surface area contributed by atoms with Gasteiger partial charge in [-0.3, -0.25) is 0 Å². The molecule has 0 amide bonds. The first-order chi connectivity index (χ1) is 17.5. The van der Waals surface area contributed by atoms with Gasteiger partial charge in [-0.25, -0.2) is 0 Å². The molecular formula is C30H26N6. The molecule has 0 fully saturated rings. The van der Waals surface area contributed by atoms with Crippen molar-refractivity contribution in [3.63, 3.8) is 0 Å². The third-order valence-electron chi connectivity index (χ3n) is 6.73. The van der Waals surface area contributed by atoms with E-state index in [1.807, 2.05) is 84.9 Å². The number of nitrogens with two attached hydrogens (primary N) is 4. The van der Waals surface area contributed by atoms with Gasteiger partial charge in [0.25, 0.3) is 0 Å². The molecule has 176 valence electrons. The van der Waals surface area contributed by atoms with E-state index in [4.69, 9.17) is 22.9 Å². The lowest BCUT2D eigenvalue weighted by Crippen LogP contribution is -2.01. The molecule has 6 heteroatoms. The van der Waals surface area contributed by atoms with Crippen molar-refractivity contribution >= 4 is 77.8 Å². The average Bonchev–Trinajstić information content (AvgIpc) is 2.89. The second kappa shape index (κ2) is 8.29. The fourth-order valence-electron chi connectivity index (χ4n) is 4.85. The van der Waals surface area contributed by atoms with Crippen molar-refractivity contribution in [2.45, 2.75) is 0 Å². The minimum atomic E-state index is 0.651. The molecule has 6 rings (SSSR count). The second-order valence-corrected chi connectivity index (χ2v) is 8.89. The third kappa shape index (κ3) is 3.44. The summed E-state index contributed by atoms with van der Waals surface area (Å²) in [5, 5.41) is 12.8. The summed E-state index contributed by atoms with van der Waals surface area (Å²) in [6.45, 7) is 0. The Balaban J connectivity index is 1.39. The van der Waals surface area contributed by atoms with Gasteiger partial charge < -0.3 is 33.6 Å². The van der Waals surface area contributed by atoms with E-state index in [0.717, 1.165) is 60.8 Å². The summed E-state index contributed by atoms with van der Waals surface area (Å²) < 4.78 is 0. The highest BCUT2D eigenvalue weighted by Crippen LogP contribution is 2.39. The van der Waals surface area contributed by atoms with Crippen LogP contribution >= 0.6 is 0 Å². The molecule has 0 spiro atoms. The molecular weight excluding hydrogens is 444 g/mol. The summed E-state index contributed by atoms with van der Waals surface area (Å²) in [7, 11) is 0. The van der Waals surface area contributed by atoms with Crippen molar-refractivity contribution in [1.82, 2.24) is 0 Å². The number of benzene rings is 6. The second-order valence-electron chi connectivity index (χ2n) is 8.89. The summed E-state index contributed by atoms with van der Waals surface area (Å²) in [5.74, 6) is 0. The summed E-state index contributed by atoms with van der Waals surface area (Å²) in [6.07, 6.45) is 0. The van der Waals surface area contributed by atoms with Crippen LogP contribution in [0.1, 0.15) is 0 Å². The van der Waals surface area contributed by atoms with Gasteiger partial charge in [-0.2, -0.15) is 0 Å². The van der Waals surface area contributed by atoms with Crippen molar-refractivity contribution in [2.24, 2.45) is 0 Å². The number of fused-ring (bicyclic) bond motifs is 3. The number of hydrogen-bond acceptors (Lipinski definition) is 6. The fraction of sp³-hybridized carbons (Fsp3) is 0. The van der Waals surface area contributed by atoms with Crippen molar-refractivity contribution in [1.29, 1.82) is 0 Å². The lowest BCUT2D eigenvalue weighted by molar-refractivity contribution is 1.57. The Labute approximate surface area is 208 Å². The van der Waals surface area contributed by atoms with Crippen LogP contribution in [-0.4, -0.2) is 0 Å². The van der Waals surface area contributed by atoms with Gasteiger partial charge in [0, 0.05) is 55.1 Å². The van der Waals surface area contributed by atoms with Crippen LogP contribution in [0.5, 0.6) is 0 Å². The first kappa shape index (κ1) is 21.4. The van der Waals surface area contributed by atoms with Crippen LogP contribution in [-0.2, 0) is 0 Å². The van der Waals surface area contributed by atoms with Gasteiger partial charge in [0.2, 0.25) is 0 Å². The van der Waals surface area contributed by atoms with Crippen molar-refractivity contribution in [3.8, 4) is 0 Å². The smallest absolute Gasteiger partial charge is 0.0633 e. The van der Waals surface area contributed by atoms with Gasteiger partial charge in [0.15, 0.2) is 0 Å². The molecule has 0 aliphatic rings. The van der Waals surface area contributed by atoms with Crippen LogP contribution in [0.2, 0.25) is 0 Å². The van der Waals surface area contributed by atoms with Crippen LogP contribution < -0.4 is 33.6 Å². The average molecular weight is 471 g/mol. The zero-order valence-corrected chi connectivity index (χ0v) is 19.5. The normalized spacial score (nSPS) is 11.2. The molecule has 0 atom stereocenters. The lowest BCUT2D eigenvalue weighted by Gasteiger charge is -2.17. The highest BCUT2D eigenvalue weighted by molar-refractivity contribution is 6.10. The molecule has 0 saturated carbocycles. The van der Waals surface area contributed by atoms with E-state index in [9.17, 15) is 0 Å². The zero-order chi connectivity index (χ0) is 24.8. The highest BCUT2D eigenvalue weighted by Gasteiger charge is 2.12. The topological polar surface area (TPSA) is 128 Å². The number of hydrogen-bond donors (Lipinski definition) is 6. The van der Waals surface area contributed by atoms with E-state index in [-0.39, 0.29) is 0 Å². The molecule has 6 aromatic rings. The van der Waals surface area contributed by atoms with E-state index in [0.29, 0.717) is 17.1 Å². The maximum atomic E-state index is 6.67. The van der Waals surface area contributed by atoms with Crippen LogP contribution in [0.25, 0.3) is 32.3 Å². The molecule has 0 radical (unpaired) electrons. The largest absolute Gasteiger partial charge is 0.398 e. The quantitative estimate of drug-likeness (QED) is 0.155. The van der Waals surface area contributed by atoms with E-state index in [1.165, 1.54) is 0 Å². The molecule has 0 heterocycles. The van der Waals surface area contributed by atoms with Crippen LogP contribution in [0.15, 0.2) is 97.1 Å². The Morgan fingerprint density at radius 3 is 1.31 bits per heavy atom. The van der Waals surface area contributed by atoms with Gasteiger partial charge in [0.1, 0.15) is 0 Å². The van der Waals surface area contributed by atoms with E-state index in [1.54, 1.807) is 0 Å². The van der Waals surface area contributed by atoms with Crippen LogP contribution in [0.3, 0.4) is 0 Å². The van der Waals surface area contributed by atoms with E-state index in [2.05, 4.69) is 22.8 Å². The van der Waals surface area contributed by atoms with Crippen molar-refractivity contribution in [3.05, 3.63) is 97.1 Å². The number of rotatable bonds is 4. The molecule has 0 aliphatic carbocycles. The Hall–Kier alpha value is -5.10. The number of anilines is 8. The summed E-state index contributed by atoms with van der Waals surface area (Å²) in [6, 6.07) is 31.7. The Kier molecular flexibility index (Phi) is 4.93. The molecule has 6 nitrogen and oxygen atoms in total. The van der Waals surface area contributed by atoms with Gasteiger partial charge in [-0.15, -0.1) is 0 Å². The molecule has 0 aliphatic heterocycles. The molecule has 36 heavy (non-hydrogen) atoms. The Morgan fingerprint density at radius 2 is 0.722 bits per heavy atom. The Bertz CT molecular complexity index is 1790. The molecule has 0 saturated heterocycles. The summed E-state index contributed by atoms with van der Waals surface area (Å²) in [4.78, 5) is 0. The molecule has 6 aromatic carbocycles. The van der Waals surface area contributed by atoms with Gasteiger partial charge in [0.05, 0.1) is 22.7 Å². The number of nitrogen functional groups attached to an aromatic ring is 4. The van der Waals surface area contributed by atoms with Crippen molar-refractivity contribution in [2.75, 3.05) is 33.6 Å². The summed E-state index contributed by atoms with van der Waals surface area (Å²) >= 11 is 0. The standard InChI is InChI=1S/C30H26N6/c31-23-9-1-6-19-17(23)5-3-11-25(19)35-28-16-14-20-22(30(28)34)8-4-12-26(20)36-27-15-13-18-21(29(27)33)7-2-10-24(18)32/h1-16,35-36H,31-34H2. The van der Waals surface area contributed by atoms with Gasteiger partial charge in [-0.1, -0.05) is 60.7 Å². The summed E-state index contributed by atoms with van der Waals surface area (Å²) in [5.41, 5.74) is 31.8. The SMILES string of the molecule is Nc1cccc2c(Nc3ccc4c(Nc5ccc6c(N)cccc6c5N)cccc4c3N)cccc12. The van der Waals surface area contributed by atoms with Crippen molar-refractivity contribution < 1.29 is 0 Å². The maximum absolute atomic E-state index is 6.67. The monoisotopic (exact) mass is 470 g/mol. The molecule has 0 aromatic heterocycles. The lowest BCUT2D eigenvalue weighted by atomic mass is 10.0. The molecule has 0 unspecified atom stereocenters. The number of nitrogens with one attached hydrogen (secondary N) is 2. The molecule has 0 bridgehead atoms. The minimum Gasteiger partial charge on any atom is -0.398 e. The zero-order valence-electron chi connectivity index (χ0n) is 19.5. The van der Waals surface area contributed by atoms with Crippen LogP contribution in [0, 0.1) is 0 Å². The highest BCUT2D eigenvalue weighted by atomic mass is 14.9. The minimum absolute atomic E-state index is 0.651.